The van der Waals surface area contributed by atoms with Crippen molar-refractivity contribution in [2.45, 2.75) is 58.5 Å². The van der Waals surface area contributed by atoms with Gasteiger partial charge < -0.3 is 20.4 Å². The summed E-state index contributed by atoms with van der Waals surface area (Å²) in [4.78, 5) is 42.3. The second kappa shape index (κ2) is 10.1. The highest BCUT2D eigenvalue weighted by Gasteiger charge is 2.25. The van der Waals surface area contributed by atoms with Crippen molar-refractivity contribution >= 4 is 40.4 Å². The van der Waals surface area contributed by atoms with Crippen LogP contribution in [0.5, 0.6) is 0 Å². The summed E-state index contributed by atoms with van der Waals surface area (Å²) in [6, 6.07) is 6.14. The Morgan fingerprint density at radius 3 is 2.48 bits per heavy atom. The first-order valence-electron chi connectivity index (χ1n) is 11.7. The highest BCUT2D eigenvalue weighted by Crippen LogP contribution is 2.26. The molecule has 2 aromatic rings. The van der Waals surface area contributed by atoms with Crippen LogP contribution in [0.3, 0.4) is 0 Å². The molecule has 0 atom stereocenters. The Morgan fingerprint density at radius 1 is 1.06 bits per heavy atom. The number of aryl methyl sites for hydroxylation is 1. The predicted octanol–water partition coefficient (Wildman–Crippen LogP) is 4.04. The van der Waals surface area contributed by atoms with E-state index in [9.17, 15) is 14.4 Å². The summed E-state index contributed by atoms with van der Waals surface area (Å²) in [5.74, 6) is -0.352. The second-order valence-electron chi connectivity index (χ2n) is 9.24. The third kappa shape index (κ3) is 5.45. The molecule has 0 radical (unpaired) electrons. The molecule has 3 amide bonds. The van der Waals surface area contributed by atoms with Crippen LogP contribution in [0.1, 0.15) is 65.8 Å². The Bertz CT molecular complexity index is 1040. The standard InChI is InChI=1S/C25H32N4O3S/c1-16(2)28-9-6-19(7-10-28)26-25(32)21-14-33-15-22(21)27-24(31)18-11-17(3)12-20(13-18)29-8-4-5-23(29)30/h11-16,19H,4-10H2,1-3H3,(H,26,32)(H,27,31). The van der Waals surface area contributed by atoms with Gasteiger partial charge in [0.25, 0.3) is 11.8 Å². The minimum atomic E-state index is -0.288. The number of rotatable bonds is 6. The van der Waals surface area contributed by atoms with Crippen LogP contribution in [-0.2, 0) is 4.79 Å². The monoisotopic (exact) mass is 468 g/mol. The predicted molar refractivity (Wildman–Crippen MR) is 132 cm³/mol. The van der Waals surface area contributed by atoms with E-state index in [2.05, 4.69) is 29.4 Å². The molecule has 2 fully saturated rings. The molecule has 8 heteroatoms. The normalized spacial score (nSPS) is 17.6. The first-order chi connectivity index (χ1) is 15.8. The lowest BCUT2D eigenvalue weighted by atomic mass is 10.0. The summed E-state index contributed by atoms with van der Waals surface area (Å²) >= 11 is 1.39. The molecule has 0 spiro atoms. The molecule has 0 saturated carbocycles. The molecule has 176 valence electrons. The number of hydrogen-bond acceptors (Lipinski definition) is 5. The number of carbonyl (C=O) groups is 3. The smallest absolute Gasteiger partial charge is 0.255 e. The molecule has 4 rings (SSSR count). The van der Waals surface area contributed by atoms with E-state index in [1.54, 1.807) is 27.8 Å². The van der Waals surface area contributed by atoms with E-state index in [0.717, 1.165) is 43.6 Å². The van der Waals surface area contributed by atoms with Gasteiger partial charge in [0, 0.05) is 60.1 Å². The zero-order valence-corrected chi connectivity index (χ0v) is 20.3. The number of carbonyl (C=O) groups excluding carboxylic acids is 3. The molecule has 3 heterocycles. The van der Waals surface area contributed by atoms with Crippen LogP contribution in [0.2, 0.25) is 0 Å². The second-order valence-corrected chi connectivity index (χ2v) is 9.98. The van der Waals surface area contributed by atoms with Crippen molar-refractivity contribution in [2.75, 3.05) is 29.9 Å². The Morgan fingerprint density at radius 2 is 1.82 bits per heavy atom. The molecule has 33 heavy (non-hydrogen) atoms. The van der Waals surface area contributed by atoms with Gasteiger partial charge in [-0.05, 0) is 63.8 Å². The maximum atomic E-state index is 13.0. The van der Waals surface area contributed by atoms with E-state index in [1.165, 1.54) is 11.3 Å². The van der Waals surface area contributed by atoms with E-state index < -0.39 is 0 Å². The molecule has 2 aliphatic heterocycles. The molecule has 7 nitrogen and oxygen atoms in total. The fourth-order valence-corrected chi connectivity index (χ4v) is 5.32. The summed E-state index contributed by atoms with van der Waals surface area (Å²) < 4.78 is 0. The maximum absolute atomic E-state index is 13.0. The Hall–Kier alpha value is -2.71. The molecule has 1 aromatic carbocycles. The van der Waals surface area contributed by atoms with Gasteiger partial charge in [0.2, 0.25) is 5.91 Å². The molecule has 2 N–H and O–H groups in total. The molecule has 1 aromatic heterocycles. The first kappa shape index (κ1) is 23.4. The summed E-state index contributed by atoms with van der Waals surface area (Å²) in [5, 5.41) is 9.61. The lowest BCUT2D eigenvalue weighted by Crippen LogP contribution is -2.46. The quantitative estimate of drug-likeness (QED) is 0.671. The Balaban J connectivity index is 1.42. The number of piperidine rings is 1. The van der Waals surface area contributed by atoms with Gasteiger partial charge in [-0.25, -0.2) is 0 Å². The topological polar surface area (TPSA) is 81.8 Å². The van der Waals surface area contributed by atoms with Crippen LogP contribution < -0.4 is 15.5 Å². The average molecular weight is 469 g/mol. The number of amides is 3. The molecule has 2 aliphatic rings. The van der Waals surface area contributed by atoms with Crippen LogP contribution >= 0.6 is 11.3 Å². The van der Waals surface area contributed by atoms with Gasteiger partial charge in [-0.1, -0.05) is 0 Å². The number of hydrogen-bond donors (Lipinski definition) is 2. The van der Waals surface area contributed by atoms with Crippen LogP contribution in [0.25, 0.3) is 0 Å². The van der Waals surface area contributed by atoms with Gasteiger partial charge in [-0.3, -0.25) is 14.4 Å². The highest BCUT2D eigenvalue weighted by atomic mass is 32.1. The third-order valence-corrected chi connectivity index (χ3v) is 7.20. The van der Waals surface area contributed by atoms with E-state index in [-0.39, 0.29) is 23.8 Å². The maximum Gasteiger partial charge on any atom is 0.255 e. The van der Waals surface area contributed by atoms with Crippen molar-refractivity contribution in [3.05, 3.63) is 45.6 Å². The van der Waals surface area contributed by atoms with Crippen LogP contribution in [-0.4, -0.2) is 54.3 Å². The molecule has 0 unspecified atom stereocenters. The van der Waals surface area contributed by atoms with Gasteiger partial charge in [-0.2, -0.15) is 0 Å². The van der Waals surface area contributed by atoms with Crippen molar-refractivity contribution in [2.24, 2.45) is 0 Å². The van der Waals surface area contributed by atoms with Crippen LogP contribution in [0, 0.1) is 6.92 Å². The van der Waals surface area contributed by atoms with E-state index in [0.29, 0.717) is 35.8 Å². The van der Waals surface area contributed by atoms with Crippen molar-refractivity contribution in [3.63, 3.8) is 0 Å². The van der Waals surface area contributed by atoms with E-state index in [1.807, 2.05) is 13.0 Å². The lowest BCUT2D eigenvalue weighted by molar-refractivity contribution is -0.117. The van der Waals surface area contributed by atoms with Gasteiger partial charge in [-0.15, -0.1) is 11.3 Å². The highest BCUT2D eigenvalue weighted by molar-refractivity contribution is 7.08. The minimum Gasteiger partial charge on any atom is -0.349 e. The van der Waals surface area contributed by atoms with E-state index >= 15 is 0 Å². The summed E-state index contributed by atoms with van der Waals surface area (Å²) in [6.07, 6.45) is 3.23. The number of thiophene rings is 1. The van der Waals surface area contributed by atoms with Crippen molar-refractivity contribution < 1.29 is 14.4 Å². The fourth-order valence-electron chi connectivity index (χ4n) is 4.56. The minimum absolute atomic E-state index is 0.0861. The number of nitrogens with one attached hydrogen (secondary N) is 2. The zero-order chi connectivity index (χ0) is 23.5. The van der Waals surface area contributed by atoms with E-state index in [4.69, 9.17) is 0 Å². The molecule has 0 bridgehead atoms. The zero-order valence-electron chi connectivity index (χ0n) is 19.5. The van der Waals surface area contributed by atoms with Crippen LogP contribution in [0.4, 0.5) is 11.4 Å². The Labute approximate surface area is 199 Å². The van der Waals surface area contributed by atoms with Gasteiger partial charge >= 0.3 is 0 Å². The third-order valence-electron chi connectivity index (χ3n) is 6.46. The number of anilines is 2. The SMILES string of the molecule is Cc1cc(C(=O)Nc2cscc2C(=O)NC2CCN(C(C)C)CC2)cc(N2CCCC2=O)c1. The molecule has 2 saturated heterocycles. The molecular weight excluding hydrogens is 436 g/mol. The number of nitrogens with zero attached hydrogens (tertiary/aromatic N) is 2. The van der Waals surface area contributed by atoms with Gasteiger partial charge in [0.1, 0.15) is 0 Å². The van der Waals surface area contributed by atoms with Gasteiger partial charge in [0.05, 0.1) is 11.3 Å². The number of benzene rings is 1. The summed E-state index contributed by atoms with van der Waals surface area (Å²) in [5.41, 5.74) is 3.14. The van der Waals surface area contributed by atoms with Crippen molar-refractivity contribution in [3.8, 4) is 0 Å². The lowest BCUT2D eigenvalue weighted by Gasteiger charge is -2.34. The largest absolute Gasteiger partial charge is 0.349 e. The van der Waals surface area contributed by atoms with Crippen molar-refractivity contribution in [1.29, 1.82) is 0 Å². The Kier molecular flexibility index (Phi) is 7.14. The summed E-state index contributed by atoms with van der Waals surface area (Å²) in [7, 11) is 0. The summed E-state index contributed by atoms with van der Waals surface area (Å²) in [6.45, 7) is 8.93. The van der Waals surface area contributed by atoms with Crippen LogP contribution in [0.15, 0.2) is 29.0 Å². The van der Waals surface area contributed by atoms with Crippen molar-refractivity contribution in [1.82, 2.24) is 10.2 Å². The number of likely N-dealkylation sites (tertiary alicyclic amines) is 1. The molecule has 0 aliphatic carbocycles. The molecular formula is C25H32N4O3S. The van der Waals surface area contributed by atoms with Gasteiger partial charge in [0.15, 0.2) is 0 Å². The first-order valence-corrected chi connectivity index (χ1v) is 12.6. The fraction of sp³-hybridized carbons (Fsp3) is 0.480. The average Bonchev–Trinajstić information content (AvgIpc) is 3.42.